The summed E-state index contributed by atoms with van der Waals surface area (Å²) in [4.78, 5) is 10.9. The minimum Gasteiger partial charge on any atom is -0.339 e. The van der Waals surface area contributed by atoms with Crippen LogP contribution >= 0.6 is 22.9 Å². The number of likely N-dealkylation sites (N-methyl/N-ethyl adjacent to an activating group) is 1. The Kier molecular flexibility index (Phi) is 4.14. The van der Waals surface area contributed by atoms with E-state index >= 15 is 0 Å². The standard InChI is InChI=1S/C19H22ClN5S/c1-2-23-10-9-15-7-8-16(11-23)25(15)19-22-24-12-17(21-18(24)26-19)13-3-5-14(20)6-4-13/h3-6,12,15-16H,2,7-11H2,1H3. The first-order valence-corrected chi connectivity index (χ1v) is 10.5. The highest BCUT2D eigenvalue weighted by Gasteiger charge is 2.38. The number of likely N-dealkylation sites (tertiary alicyclic amines) is 1. The van der Waals surface area contributed by atoms with Crippen LogP contribution in [0.1, 0.15) is 26.2 Å². The molecule has 7 heteroatoms. The van der Waals surface area contributed by atoms with E-state index in [0.29, 0.717) is 12.1 Å². The van der Waals surface area contributed by atoms with E-state index in [1.165, 1.54) is 25.8 Å². The highest BCUT2D eigenvalue weighted by Crippen LogP contribution is 2.37. The van der Waals surface area contributed by atoms with Crippen LogP contribution in [0.4, 0.5) is 5.13 Å². The first-order valence-electron chi connectivity index (χ1n) is 9.34. The van der Waals surface area contributed by atoms with Crippen LogP contribution in [0.2, 0.25) is 5.02 Å². The molecule has 2 aromatic heterocycles. The Bertz CT molecular complexity index is 886. The Labute approximate surface area is 162 Å². The van der Waals surface area contributed by atoms with Gasteiger partial charge >= 0.3 is 0 Å². The van der Waals surface area contributed by atoms with Gasteiger partial charge < -0.3 is 9.80 Å². The van der Waals surface area contributed by atoms with E-state index in [0.717, 1.165) is 39.5 Å². The monoisotopic (exact) mass is 387 g/mol. The number of benzene rings is 1. The number of fused-ring (bicyclic) bond motifs is 3. The molecule has 2 atom stereocenters. The second kappa shape index (κ2) is 6.51. The molecule has 2 fully saturated rings. The molecular weight excluding hydrogens is 366 g/mol. The first-order chi connectivity index (χ1) is 12.7. The smallest absolute Gasteiger partial charge is 0.214 e. The molecule has 0 N–H and O–H groups in total. The van der Waals surface area contributed by atoms with Crippen molar-refractivity contribution in [3.63, 3.8) is 0 Å². The van der Waals surface area contributed by atoms with Gasteiger partial charge in [0.25, 0.3) is 0 Å². The fraction of sp³-hybridized carbons (Fsp3) is 0.474. The van der Waals surface area contributed by atoms with Crippen molar-refractivity contribution in [2.24, 2.45) is 0 Å². The summed E-state index contributed by atoms with van der Waals surface area (Å²) in [5.41, 5.74) is 2.02. The van der Waals surface area contributed by atoms with Gasteiger partial charge in [0.2, 0.25) is 10.1 Å². The van der Waals surface area contributed by atoms with Gasteiger partial charge in [-0.1, -0.05) is 42.0 Å². The minimum absolute atomic E-state index is 0.592. The van der Waals surface area contributed by atoms with Gasteiger partial charge in [-0.3, -0.25) is 0 Å². The summed E-state index contributed by atoms with van der Waals surface area (Å²) in [6.45, 7) is 5.77. The molecule has 2 bridgehead atoms. The zero-order chi connectivity index (χ0) is 17.7. The lowest BCUT2D eigenvalue weighted by atomic mass is 10.1. The van der Waals surface area contributed by atoms with E-state index in [-0.39, 0.29) is 0 Å². The van der Waals surface area contributed by atoms with Gasteiger partial charge in [0, 0.05) is 35.8 Å². The van der Waals surface area contributed by atoms with Gasteiger partial charge in [0.05, 0.1) is 11.9 Å². The average Bonchev–Trinajstić information content (AvgIpc) is 3.26. The molecule has 0 aliphatic carbocycles. The van der Waals surface area contributed by atoms with Crippen LogP contribution in [-0.4, -0.2) is 51.2 Å². The van der Waals surface area contributed by atoms with Crippen molar-refractivity contribution in [2.45, 2.75) is 38.3 Å². The number of nitrogens with zero attached hydrogens (tertiary/aromatic N) is 5. The normalized spacial score (nSPS) is 23.7. The molecule has 136 valence electrons. The minimum atomic E-state index is 0.592. The number of rotatable bonds is 3. The van der Waals surface area contributed by atoms with Gasteiger partial charge in [0.15, 0.2) is 0 Å². The van der Waals surface area contributed by atoms with E-state index in [1.54, 1.807) is 11.3 Å². The maximum atomic E-state index is 5.99. The Hall–Kier alpha value is -1.63. The third kappa shape index (κ3) is 2.80. The molecule has 5 rings (SSSR count). The number of anilines is 1. The summed E-state index contributed by atoms with van der Waals surface area (Å²) in [7, 11) is 0. The number of imidazole rings is 1. The Morgan fingerprint density at radius 2 is 1.96 bits per heavy atom. The van der Waals surface area contributed by atoms with Crippen LogP contribution in [0.5, 0.6) is 0 Å². The number of aromatic nitrogens is 3. The summed E-state index contributed by atoms with van der Waals surface area (Å²) in [5, 5.41) is 6.76. The maximum absolute atomic E-state index is 5.99. The lowest BCUT2D eigenvalue weighted by Crippen LogP contribution is -2.39. The van der Waals surface area contributed by atoms with E-state index in [2.05, 4.69) is 16.7 Å². The summed E-state index contributed by atoms with van der Waals surface area (Å²) >= 11 is 7.70. The molecular formula is C19H22ClN5S. The zero-order valence-corrected chi connectivity index (χ0v) is 16.4. The van der Waals surface area contributed by atoms with Crippen molar-refractivity contribution >= 4 is 33.0 Å². The molecule has 4 heterocycles. The van der Waals surface area contributed by atoms with Crippen LogP contribution in [0.15, 0.2) is 30.5 Å². The topological polar surface area (TPSA) is 36.7 Å². The summed E-state index contributed by atoms with van der Waals surface area (Å²) in [5.74, 6) is 0. The molecule has 26 heavy (non-hydrogen) atoms. The molecule has 5 nitrogen and oxygen atoms in total. The van der Waals surface area contributed by atoms with Gasteiger partial charge in [-0.25, -0.2) is 9.50 Å². The molecule has 3 aromatic rings. The van der Waals surface area contributed by atoms with Crippen molar-refractivity contribution in [2.75, 3.05) is 24.5 Å². The maximum Gasteiger partial charge on any atom is 0.214 e. The summed E-state index contributed by atoms with van der Waals surface area (Å²) < 4.78 is 1.94. The van der Waals surface area contributed by atoms with Crippen LogP contribution in [0.25, 0.3) is 16.2 Å². The van der Waals surface area contributed by atoms with Gasteiger partial charge in [0.1, 0.15) is 0 Å². The summed E-state index contributed by atoms with van der Waals surface area (Å²) in [6.07, 6.45) is 5.83. The van der Waals surface area contributed by atoms with Gasteiger partial charge in [-0.15, -0.1) is 5.10 Å². The number of hydrogen-bond donors (Lipinski definition) is 0. The molecule has 0 amide bonds. The molecule has 2 saturated heterocycles. The highest BCUT2D eigenvalue weighted by molar-refractivity contribution is 7.20. The highest BCUT2D eigenvalue weighted by atomic mass is 35.5. The lowest BCUT2D eigenvalue weighted by Gasteiger charge is -2.27. The molecule has 0 saturated carbocycles. The van der Waals surface area contributed by atoms with Crippen molar-refractivity contribution in [3.05, 3.63) is 35.5 Å². The Balaban J connectivity index is 1.45. The van der Waals surface area contributed by atoms with Crippen molar-refractivity contribution < 1.29 is 0 Å². The second-order valence-electron chi connectivity index (χ2n) is 7.22. The molecule has 2 unspecified atom stereocenters. The molecule has 2 aliphatic rings. The lowest BCUT2D eigenvalue weighted by molar-refractivity contribution is 0.273. The molecule has 0 spiro atoms. The van der Waals surface area contributed by atoms with Crippen molar-refractivity contribution in [1.82, 2.24) is 19.5 Å². The fourth-order valence-corrected chi connectivity index (χ4v) is 5.45. The van der Waals surface area contributed by atoms with Crippen molar-refractivity contribution in [1.29, 1.82) is 0 Å². The van der Waals surface area contributed by atoms with Gasteiger partial charge in [-0.2, -0.15) is 0 Å². The van der Waals surface area contributed by atoms with Crippen molar-refractivity contribution in [3.8, 4) is 11.3 Å². The van der Waals surface area contributed by atoms with E-state index in [9.17, 15) is 0 Å². The third-order valence-electron chi connectivity index (χ3n) is 5.71. The molecule has 1 aromatic carbocycles. The largest absolute Gasteiger partial charge is 0.339 e. The fourth-order valence-electron chi connectivity index (χ4n) is 4.30. The predicted molar refractivity (Wildman–Crippen MR) is 107 cm³/mol. The van der Waals surface area contributed by atoms with Crippen LogP contribution in [0.3, 0.4) is 0 Å². The van der Waals surface area contributed by atoms with Crippen LogP contribution in [0, 0.1) is 0 Å². The average molecular weight is 388 g/mol. The number of hydrogen-bond acceptors (Lipinski definition) is 5. The van der Waals surface area contributed by atoms with E-state index in [4.69, 9.17) is 21.7 Å². The molecule has 0 radical (unpaired) electrons. The second-order valence-corrected chi connectivity index (χ2v) is 8.59. The summed E-state index contributed by atoms with van der Waals surface area (Å²) in [6, 6.07) is 9.03. The van der Waals surface area contributed by atoms with E-state index < -0.39 is 0 Å². The Morgan fingerprint density at radius 3 is 2.73 bits per heavy atom. The van der Waals surface area contributed by atoms with E-state index in [1.807, 2.05) is 35.0 Å². The van der Waals surface area contributed by atoms with Crippen LogP contribution in [-0.2, 0) is 0 Å². The Morgan fingerprint density at radius 1 is 1.15 bits per heavy atom. The SMILES string of the molecule is CCN1CCC2CCC(C1)N2c1nn2cc(-c3ccc(Cl)cc3)nc2s1. The predicted octanol–water partition coefficient (Wildman–Crippen LogP) is 4.17. The van der Waals surface area contributed by atoms with Gasteiger partial charge in [-0.05, 0) is 37.9 Å². The quantitative estimate of drug-likeness (QED) is 0.675. The zero-order valence-electron chi connectivity index (χ0n) is 14.8. The third-order valence-corrected chi connectivity index (χ3v) is 6.90. The molecule has 2 aliphatic heterocycles. The van der Waals surface area contributed by atoms with Crippen LogP contribution < -0.4 is 4.90 Å². The first kappa shape index (κ1) is 16.5. The number of halogens is 1.